The second-order valence-electron chi connectivity index (χ2n) is 4.14. The average Bonchev–Trinajstić information content (AvgIpc) is 2.92. The number of aromatic nitrogens is 4. The molecule has 2 aromatic rings. The van der Waals surface area contributed by atoms with Crippen LogP contribution in [0.4, 0.5) is 11.5 Å². The number of rotatable bonds is 6. The molecule has 0 amide bonds. The molecular weight excluding hydrogens is 260 g/mol. The Hall–Kier alpha value is -2.51. The van der Waals surface area contributed by atoms with Crippen molar-refractivity contribution in [2.75, 3.05) is 11.9 Å². The zero-order valence-corrected chi connectivity index (χ0v) is 11.4. The van der Waals surface area contributed by atoms with Crippen molar-refractivity contribution in [3.05, 3.63) is 28.8 Å². The summed E-state index contributed by atoms with van der Waals surface area (Å²) in [6.07, 6.45) is 5.53. The van der Waals surface area contributed by atoms with Crippen LogP contribution in [0.25, 0.3) is 11.5 Å². The molecule has 0 aromatic carbocycles. The van der Waals surface area contributed by atoms with Crippen molar-refractivity contribution < 1.29 is 4.92 Å². The summed E-state index contributed by atoms with van der Waals surface area (Å²) in [4.78, 5) is 23.0. The number of aryl methyl sites for hydroxylation is 1. The lowest BCUT2D eigenvalue weighted by Gasteiger charge is -2.08. The Labute approximate surface area is 116 Å². The van der Waals surface area contributed by atoms with E-state index in [-0.39, 0.29) is 17.2 Å². The fraction of sp³-hybridized carbons (Fsp3) is 0.417. The van der Waals surface area contributed by atoms with Gasteiger partial charge in [-0.1, -0.05) is 6.92 Å². The van der Waals surface area contributed by atoms with E-state index in [0.29, 0.717) is 18.9 Å². The Morgan fingerprint density at radius 1 is 1.35 bits per heavy atom. The van der Waals surface area contributed by atoms with Crippen molar-refractivity contribution in [3.63, 3.8) is 0 Å². The molecule has 0 fully saturated rings. The van der Waals surface area contributed by atoms with Gasteiger partial charge < -0.3 is 9.88 Å². The van der Waals surface area contributed by atoms with E-state index in [1.807, 2.05) is 13.8 Å². The lowest BCUT2D eigenvalue weighted by molar-refractivity contribution is -0.383. The number of imidazole rings is 1. The van der Waals surface area contributed by atoms with Gasteiger partial charge in [-0.2, -0.15) is 0 Å². The third-order valence-electron chi connectivity index (χ3n) is 2.82. The van der Waals surface area contributed by atoms with E-state index in [1.165, 1.54) is 6.33 Å². The van der Waals surface area contributed by atoms with Crippen molar-refractivity contribution in [1.29, 1.82) is 0 Å². The Morgan fingerprint density at radius 3 is 2.80 bits per heavy atom. The maximum Gasteiger partial charge on any atom is 0.340 e. The molecule has 2 aromatic heterocycles. The van der Waals surface area contributed by atoms with Crippen LogP contribution >= 0.6 is 0 Å². The van der Waals surface area contributed by atoms with E-state index in [9.17, 15) is 10.1 Å². The van der Waals surface area contributed by atoms with Crippen molar-refractivity contribution in [1.82, 2.24) is 19.5 Å². The third-order valence-corrected chi connectivity index (χ3v) is 2.82. The molecule has 0 bridgehead atoms. The topological polar surface area (TPSA) is 98.8 Å². The summed E-state index contributed by atoms with van der Waals surface area (Å²) in [5.41, 5.74) is 0.0947. The molecule has 2 rings (SSSR count). The highest BCUT2D eigenvalue weighted by molar-refractivity contribution is 5.73. The van der Waals surface area contributed by atoms with Gasteiger partial charge in [-0.3, -0.25) is 10.1 Å². The summed E-state index contributed by atoms with van der Waals surface area (Å²) in [5, 5.41) is 14.3. The summed E-state index contributed by atoms with van der Waals surface area (Å²) >= 11 is 0. The van der Waals surface area contributed by atoms with Gasteiger partial charge in [0.15, 0.2) is 11.5 Å². The second-order valence-corrected chi connectivity index (χ2v) is 4.14. The van der Waals surface area contributed by atoms with E-state index in [4.69, 9.17) is 0 Å². The maximum absolute atomic E-state index is 11.3. The fourth-order valence-corrected chi connectivity index (χ4v) is 1.87. The number of hydrogen-bond acceptors (Lipinski definition) is 6. The van der Waals surface area contributed by atoms with Crippen molar-refractivity contribution in [3.8, 4) is 11.5 Å². The van der Waals surface area contributed by atoms with E-state index in [1.54, 1.807) is 17.0 Å². The molecule has 8 heteroatoms. The highest BCUT2D eigenvalue weighted by Gasteiger charge is 2.26. The average molecular weight is 276 g/mol. The van der Waals surface area contributed by atoms with Crippen molar-refractivity contribution in [2.24, 2.45) is 0 Å². The van der Waals surface area contributed by atoms with Gasteiger partial charge in [0.1, 0.15) is 6.33 Å². The largest absolute Gasteiger partial charge is 0.364 e. The van der Waals surface area contributed by atoms with Gasteiger partial charge in [0.25, 0.3) is 0 Å². The Bertz CT molecular complexity index is 610. The van der Waals surface area contributed by atoms with Gasteiger partial charge >= 0.3 is 5.69 Å². The van der Waals surface area contributed by atoms with Gasteiger partial charge in [-0.15, -0.1) is 0 Å². The normalized spacial score (nSPS) is 10.5. The first-order chi connectivity index (χ1) is 9.69. The maximum atomic E-state index is 11.3. The van der Waals surface area contributed by atoms with Crippen molar-refractivity contribution in [2.45, 2.75) is 26.8 Å². The van der Waals surface area contributed by atoms with E-state index >= 15 is 0 Å². The summed E-state index contributed by atoms with van der Waals surface area (Å²) in [5.74, 6) is 0.702. The predicted molar refractivity (Wildman–Crippen MR) is 74.4 cm³/mol. The molecule has 1 N–H and O–H groups in total. The van der Waals surface area contributed by atoms with Gasteiger partial charge in [0.05, 0.1) is 4.92 Å². The minimum absolute atomic E-state index is 0.137. The van der Waals surface area contributed by atoms with E-state index in [2.05, 4.69) is 20.3 Å². The Balaban J connectivity index is 2.55. The fourth-order valence-electron chi connectivity index (χ4n) is 1.87. The summed E-state index contributed by atoms with van der Waals surface area (Å²) in [6, 6.07) is 0. The van der Waals surface area contributed by atoms with Crippen LogP contribution in [-0.4, -0.2) is 31.0 Å². The molecule has 0 aliphatic carbocycles. The number of nitro groups is 1. The minimum atomic E-state index is -0.470. The number of nitrogens with one attached hydrogen (secondary N) is 1. The van der Waals surface area contributed by atoms with Crippen LogP contribution in [-0.2, 0) is 6.54 Å². The van der Waals surface area contributed by atoms with Crippen LogP contribution in [0.2, 0.25) is 0 Å². The van der Waals surface area contributed by atoms with Crippen LogP contribution in [0.15, 0.2) is 18.7 Å². The highest BCUT2D eigenvalue weighted by Crippen LogP contribution is 2.31. The molecule has 0 saturated heterocycles. The Morgan fingerprint density at radius 2 is 2.15 bits per heavy atom. The van der Waals surface area contributed by atoms with Crippen LogP contribution < -0.4 is 5.32 Å². The summed E-state index contributed by atoms with van der Waals surface area (Å²) in [6.45, 7) is 5.19. The minimum Gasteiger partial charge on any atom is -0.364 e. The van der Waals surface area contributed by atoms with Crippen LogP contribution in [0.5, 0.6) is 0 Å². The van der Waals surface area contributed by atoms with Gasteiger partial charge in [-0.05, 0) is 13.3 Å². The van der Waals surface area contributed by atoms with E-state index in [0.717, 1.165) is 6.42 Å². The zero-order chi connectivity index (χ0) is 14.5. The second kappa shape index (κ2) is 6.09. The van der Waals surface area contributed by atoms with E-state index < -0.39 is 4.92 Å². The van der Waals surface area contributed by atoms with Crippen LogP contribution in [0.1, 0.15) is 20.3 Å². The molecule has 0 atom stereocenters. The third kappa shape index (κ3) is 2.58. The van der Waals surface area contributed by atoms with Gasteiger partial charge in [0.2, 0.25) is 5.82 Å². The summed E-state index contributed by atoms with van der Waals surface area (Å²) < 4.78 is 1.80. The van der Waals surface area contributed by atoms with Crippen LogP contribution in [0, 0.1) is 10.1 Å². The number of hydrogen-bond donors (Lipinski definition) is 1. The first-order valence-electron chi connectivity index (χ1n) is 6.43. The quantitative estimate of drug-likeness (QED) is 0.640. The molecule has 2 heterocycles. The zero-order valence-electron chi connectivity index (χ0n) is 11.4. The molecule has 106 valence electrons. The molecule has 8 nitrogen and oxygen atoms in total. The standard InChI is InChI=1S/C12H16N6O2/c1-3-5-13-11-10(18(19)20)9(15-8-16-11)12-14-6-7-17(12)4-2/h6-8H,3-5H2,1-2H3,(H,13,15,16). The molecule has 0 saturated carbocycles. The molecule has 20 heavy (non-hydrogen) atoms. The Kier molecular flexibility index (Phi) is 4.24. The highest BCUT2D eigenvalue weighted by atomic mass is 16.6. The smallest absolute Gasteiger partial charge is 0.340 e. The van der Waals surface area contributed by atoms with Gasteiger partial charge in [-0.25, -0.2) is 15.0 Å². The lowest BCUT2D eigenvalue weighted by Crippen LogP contribution is -2.09. The SMILES string of the molecule is CCCNc1ncnc(-c2nccn2CC)c1[N+](=O)[O-]. The number of nitrogens with zero attached hydrogens (tertiary/aromatic N) is 5. The first-order valence-corrected chi connectivity index (χ1v) is 6.43. The van der Waals surface area contributed by atoms with Crippen molar-refractivity contribution >= 4 is 11.5 Å². The molecule has 0 aliphatic rings. The lowest BCUT2D eigenvalue weighted by atomic mass is 10.3. The van der Waals surface area contributed by atoms with Crippen LogP contribution in [0.3, 0.4) is 0 Å². The molecule has 0 unspecified atom stereocenters. The number of anilines is 1. The molecule has 0 spiro atoms. The molecule has 0 aliphatic heterocycles. The predicted octanol–water partition coefficient (Wildman–Crippen LogP) is 2.09. The van der Waals surface area contributed by atoms with Gasteiger partial charge in [0, 0.05) is 25.5 Å². The summed E-state index contributed by atoms with van der Waals surface area (Å²) in [7, 11) is 0. The first kappa shape index (κ1) is 13.9. The molecular formula is C12H16N6O2. The molecule has 0 radical (unpaired) electrons. The monoisotopic (exact) mass is 276 g/mol.